The topological polar surface area (TPSA) is 158 Å². The van der Waals surface area contributed by atoms with Crippen LogP contribution in [0.3, 0.4) is 0 Å². The Kier molecular flexibility index (Phi) is 20.5. The minimum absolute atomic E-state index is 0. The van der Waals surface area contributed by atoms with Crippen molar-refractivity contribution in [1.29, 1.82) is 0 Å². The molecule has 0 bridgehead atoms. The molecule has 0 saturated heterocycles. The van der Waals surface area contributed by atoms with Crippen molar-refractivity contribution in [3.05, 3.63) is 134 Å². The number of hydrogen-bond acceptors (Lipinski definition) is 7. The number of nitro groups is 2. The molecule has 0 aliphatic carbocycles. The van der Waals surface area contributed by atoms with E-state index in [1.807, 2.05) is 0 Å². The lowest BCUT2D eigenvalue weighted by Crippen LogP contribution is -2.59. The molecule has 0 aliphatic heterocycles. The van der Waals surface area contributed by atoms with E-state index in [-0.39, 0.29) is 98.4 Å². The van der Waals surface area contributed by atoms with Crippen LogP contribution in [0.4, 0.5) is 102 Å². The number of nitrogens with zero attached hydrogens (tertiary/aromatic N) is 2. The minimum Gasteiger partial charge on any atom is -0.398 e. The van der Waals surface area contributed by atoms with Gasteiger partial charge in [0.1, 0.15) is 8.95 Å². The number of rotatable bonds is 11. The number of alkyl halides is 18. The highest BCUT2D eigenvalue weighted by molar-refractivity contribution is 9.11. The van der Waals surface area contributed by atoms with Gasteiger partial charge in [-0.3, -0.25) is 29.8 Å². The first-order valence-corrected chi connectivity index (χ1v) is 20.7. The number of nitrogens with one attached hydrogen (secondary N) is 1. The van der Waals surface area contributed by atoms with Crippen LogP contribution in [0.5, 0.6) is 0 Å². The van der Waals surface area contributed by atoms with Crippen molar-refractivity contribution in [2.75, 3.05) is 11.1 Å². The van der Waals surface area contributed by atoms with E-state index in [9.17, 15) is 109 Å². The molecule has 0 aliphatic rings. The van der Waals surface area contributed by atoms with Crippen LogP contribution in [0, 0.1) is 34.1 Å². The molecular weight excluding hydrogens is 1180 g/mol. The van der Waals surface area contributed by atoms with Gasteiger partial charge in [0.2, 0.25) is 0 Å². The summed E-state index contributed by atoms with van der Waals surface area (Å²) in [5.74, 6) is -14.5. The Morgan fingerprint density at radius 1 is 0.597 bits per heavy atom. The summed E-state index contributed by atoms with van der Waals surface area (Å²) in [6, 6.07) is 8.31. The number of carbonyl (C=O) groups excluding carboxylic acids is 2. The van der Waals surface area contributed by atoms with Crippen molar-refractivity contribution in [2.45, 2.75) is 95.9 Å². The third kappa shape index (κ3) is 12.5. The van der Waals surface area contributed by atoms with E-state index < -0.39 is 91.3 Å². The van der Waals surface area contributed by atoms with Crippen molar-refractivity contribution >= 4 is 77.4 Å². The third-order valence-corrected chi connectivity index (χ3v) is 11.7. The fourth-order valence-electron chi connectivity index (χ4n) is 6.15. The molecule has 0 heterocycles. The molecule has 1 amide bonds. The molecule has 2 unspecified atom stereocenters. The summed E-state index contributed by atoms with van der Waals surface area (Å²) in [5, 5.41) is 23.0. The van der Waals surface area contributed by atoms with Crippen LogP contribution in [-0.4, -0.2) is 57.5 Å². The molecule has 0 radical (unpaired) electrons. The average molecular weight is 1210 g/mol. The molecule has 0 fully saturated rings. The van der Waals surface area contributed by atoms with Crippen molar-refractivity contribution < 1.29 is 98.5 Å². The maximum Gasteiger partial charge on any atom is 0.457 e. The van der Waals surface area contributed by atoms with Gasteiger partial charge in [-0.2, -0.15) is 70.2 Å². The largest absolute Gasteiger partial charge is 0.457 e. The van der Waals surface area contributed by atoms with Gasteiger partial charge in [0.25, 0.3) is 22.5 Å². The third-order valence-electron chi connectivity index (χ3n) is 9.85. The van der Waals surface area contributed by atoms with Gasteiger partial charge in [0.05, 0.1) is 21.0 Å². The van der Waals surface area contributed by atoms with E-state index in [2.05, 4.69) is 37.2 Å². The first kappa shape index (κ1) is 64.6. The van der Waals surface area contributed by atoms with Crippen LogP contribution in [0.2, 0.25) is 0 Å². The van der Waals surface area contributed by atoms with Crippen LogP contribution < -0.4 is 11.1 Å². The van der Waals surface area contributed by atoms with Crippen molar-refractivity contribution in [3.8, 4) is 0 Å². The maximum absolute atomic E-state index is 14.9. The van der Waals surface area contributed by atoms with Crippen molar-refractivity contribution in [3.63, 3.8) is 0 Å². The van der Waals surface area contributed by atoms with Crippen LogP contribution in [-0.2, 0) is 24.2 Å². The Balaban J connectivity index is 0.000000599. The van der Waals surface area contributed by atoms with Gasteiger partial charge >= 0.3 is 47.9 Å². The molecule has 3 N–H and O–H groups in total. The van der Waals surface area contributed by atoms with E-state index in [1.54, 1.807) is 0 Å². The summed E-state index contributed by atoms with van der Waals surface area (Å²) < 4.78 is 238. The van der Waals surface area contributed by atoms with Gasteiger partial charge in [-0.05, 0) is 117 Å². The van der Waals surface area contributed by atoms with Crippen LogP contribution in [0.25, 0.3) is 0 Å². The summed E-state index contributed by atoms with van der Waals surface area (Å²) in [5.41, 5.74) is -12.9. The van der Waals surface area contributed by atoms with Crippen molar-refractivity contribution in [2.24, 2.45) is 0 Å². The molecule has 4 aromatic rings. The first-order valence-electron chi connectivity index (χ1n) is 18.8. The quantitative estimate of drug-likeness (QED) is 0.0497. The van der Waals surface area contributed by atoms with E-state index >= 15 is 0 Å². The monoisotopic (exact) mass is 1210 g/mol. The summed E-state index contributed by atoms with van der Waals surface area (Å²) in [6.07, 6.45) is -27.2. The molecule has 0 aromatic heterocycles. The van der Waals surface area contributed by atoms with Gasteiger partial charge in [-0.1, -0.05) is 45.5 Å². The number of carbonyl (C=O) groups is 2. The van der Waals surface area contributed by atoms with Crippen LogP contribution >= 0.6 is 43.5 Å². The second kappa shape index (κ2) is 22.8. The average Bonchev–Trinajstić information content (AvgIpc) is 3.22. The highest BCUT2D eigenvalue weighted by atomic mass is 79.9. The summed E-state index contributed by atoms with van der Waals surface area (Å²) in [7, 11) is 0. The second-order valence-corrected chi connectivity index (χ2v) is 16.3. The number of amides is 1. The molecule has 10 nitrogen and oxygen atoms in total. The zero-order valence-corrected chi connectivity index (χ0v) is 39.5. The Bertz CT molecular complexity index is 2650. The smallest absolute Gasteiger partial charge is 0.398 e. The van der Waals surface area contributed by atoms with E-state index in [4.69, 9.17) is 17.3 Å². The van der Waals surface area contributed by atoms with Crippen LogP contribution in [0.15, 0.2) is 69.6 Å². The van der Waals surface area contributed by atoms with E-state index in [1.165, 1.54) is 32.0 Å². The molecule has 0 spiro atoms. The highest BCUT2D eigenvalue weighted by Gasteiger charge is 2.83. The maximum atomic E-state index is 14.9. The number of nitrogen functional groups attached to an aromatic ring is 1. The van der Waals surface area contributed by atoms with Gasteiger partial charge in [0, 0.05) is 34.6 Å². The van der Waals surface area contributed by atoms with Gasteiger partial charge in [0.15, 0.2) is 0 Å². The normalized spacial score (nSPS) is 14.0. The van der Waals surface area contributed by atoms with Crippen molar-refractivity contribution in [1.82, 2.24) is 0 Å². The molecule has 4 rings (SSSR count). The Labute approximate surface area is 415 Å². The molecule has 31 heteroatoms. The fraction of sp³-hybridized carbons (Fsp3) is 0.366. The molecule has 72 heavy (non-hydrogen) atoms. The number of benzene rings is 4. The standard InChI is InChI=1S/C20H14BrF9N2O3.C13H12F9N.C7H3BrClNO3.CH4/c1-3-10-8-11(17(22,19(25,26)27)18(23,24)20(28,29)30)7-9(2)15(10)31-16(33)12-5-4-6-13(14(12)21)32(34)35;1-3-7-5-8(4-6(2)9(7)23)10(14,12(17,18)19)11(15,16)13(20,21)22;8-6-4(7(9)11)2-1-3-5(6)10(12)13;/h4-8H,3H2,1-2H3,(H,31,33);4-5H,3,23H2,1-2H3;1-3H;1H4. The molecular formula is C41H33Br2ClF18N4O6. The molecule has 4 aromatic carbocycles. The lowest BCUT2D eigenvalue weighted by molar-refractivity contribution is -0.389. The Hall–Kier alpha value is -5.39. The number of hydrogen-bond donors (Lipinski definition) is 2. The number of anilines is 2. The number of aryl methyl sites for hydroxylation is 4. The Morgan fingerprint density at radius 3 is 1.28 bits per heavy atom. The predicted octanol–water partition coefficient (Wildman–Crippen LogP) is 15.8. The number of nitrogens with two attached hydrogens (primary N) is 1. The van der Waals surface area contributed by atoms with Gasteiger partial charge in [-0.25, -0.2) is 8.78 Å². The lowest BCUT2D eigenvalue weighted by atomic mass is 9.85. The highest BCUT2D eigenvalue weighted by Crippen LogP contribution is 2.60. The number of halogens is 21. The Morgan fingerprint density at radius 2 is 0.944 bits per heavy atom. The van der Waals surface area contributed by atoms with E-state index in [0.29, 0.717) is 0 Å². The molecule has 0 saturated carbocycles. The SMILES string of the molecule is C.CCc1cc(C(F)(C(F)(F)F)C(F)(F)C(F)(F)F)cc(C)c1N.CCc1cc(C(F)(C(F)(F)F)C(F)(F)C(F)(F)F)cc(C)c1NC(=O)c1cccc([N+](=O)[O-])c1Br.O=C(Cl)c1cccc([N+](=O)[O-])c1Br. The summed E-state index contributed by atoms with van der Waals surface area (Å²) in [6.45, 7) is 4.70. The minimum atomic E-state index is -6.88. The first-order chi connectivity index (χ1) is 32.0. The molecule has 400 valence electrons. The zero-order chi connectivity index (χ0) is 55.6. The second-order valence-electron chi connectivity index (χ2n) is 14.4. The summed E-state index contributed by atoms with van der Waals surface area (Å²) in [4.78, 5) is 43.5. The predicted molar refractivity (Wildman–Crippen MR) is 232 cm³/mol. The zero-order valence-electron chi connectivity index (χ0n) is 35.5. The molecule has 2 atom stereocenters. The van der Waals surface area contributed by atoms with Crippen LogP contribution in [0.1, 0.15) is 75.4 Å². The fourth-order valence-corrected chi connectivity index (χ4v) is 7.60. The summed E-state index contributed by atoms with van der Waals surface area (Å²) >= 11 is 11.0. The van der Waals surface area contributed by atoms with Gasteiger partial charge in [-0.15, -0.1) is 0 Å². The number of nitro benzene ring substituents is 2. The van der Waals surface area contributed by atoms with E-state index in [0.717, 1.165) is 32.0 Å². The lowest BCUT2D eigenvalue weighted by Gasteiger charge is -2.36. The van der Waals surface area contributed by atoms with Gasteiger partial charge < -0.3 is 11.1 Å².